The van der Waals surface area contributed by atoms with Crippen molar-refractivity contribution < 1.29 is 19.1 Å². The zero-order valence-corrected chi connectivity index (χ0v) is 12.9. The lowest BCUT2D eigenvalue weighted by Gasteiger charge is -2.03. The Balaban J connectivity index is 1.69. The Morgan fingerprint density at radius 2 is 1.36 bits per heavy atom. The van der Waals surface area contributed by atoms with E-state index in [1.54, 1.807) is 0 Å². The Labute approximate surface area is 141 Å². The van der Waals surface area contributed by atoms with Crippen LogP contribution in [0.5, 0.6) is 0 Å². The molecule has 0 saturated heterocycles. The van der Waals surface area contributed by atoms with Gasteiger partial charge in [0.05, 0.1) is 24.5 Å². The smallest absolute Gasteiger partial charge is 0.317 e. The average Bonchev–Trinajstić information content (AvgIpc) is 3.21. The number of hydrogen-bond donors (Lipinski definition) is 0. The molecule has 2 aromatic heterocycles. The van der Waals surface area contributed by atoms with Crippen molar-refractivity contribution in [1.29, 1.82) is 10.5 Å². The van der Waals surface area contributed by atoms with Crippen LogP contribution in [0.25, 0.3) is 0 Å². The maximum absolute atomic E-state index is 11.6. The maximum atomic E-state index is 11.6. The number of carbonyl (C=O) groups is 2. The summed E-state index contributed by atoms with van der Waals surface area (Å²) in [6, 6.07) is 3.78. The van der Waals surface area contributed by atoms with Crippen LogP contribution in [0.4, 0.5) is 0 Å². The van der Waals surface area contributed by atoms with Gasteiger partial charge in [0, 0.05) is 0 Å². The van der Waals surface area contributed by atoms with Crippen LogP contribution < -0.4 is 0 Å². The molecule has 2 aromatic rings. The summed E-state index contributed by atoms with van der Waals surface area (Å²) in [4.78, 5) is 23.1. The number of aromatic nitrogens is 6. The van der Waals surface area contributed by atoms with Gasteiger partial charge >= 0.3 is 11.9 Å². The van der Waals surface area contributed by atoms with Gasteiger partial charge in [0.1, 0.15) is 44.1 Å². The van der Waals surface area contributed by atoms with E-state index < -0.39 is 18.4 Å². The Bertz CT molecular complexity index is 759. The molecule has 0 N–H and O–H groups in total. The SMILES string of the molecule is N#CCn1cc(COC(=O)CC(=O)OCc2cn(CC#N)nn2)nn1. The van der Waals surface area contributed by atoms with Crippen molar-refractivity contribution in [3.8, 4) is 12.1 Å². The first-order valence-corrected chi connectivity index (χ1v) is 6.94. The number of esters is 2. The quantitative estimate of drug-likeness (QED) is 0.433. The van der Waals surface area contributed by atoms with Crippen LogP contribution in [0.1, 0.15) is 17.8 Å². The molecule has 0 fully saturated rings. The van der Waals surface area contributed by atoms with Crippen molar-refractivity contribution >= 4 is 11.9 Å². The van der Waals surface area contributed by atoms with Crippen molar-refractivity contribution in [1.82, 2.24) is 30.0 Å². The van der Waals surface area contributed by atoms with Crippen LogP contribution in [-0.2, 0) is 45.4 Å². The van der Waals surface area contributed by atoms with Gasteiger partial charge in [-0.25, -0.2) is 9.36 Å². The summed E-state index contributed by atoms with van der Waals surface area (Å²) >= 11 is 0. The molecule has 2 heterocycles. The fourth-order valence-corrected chi connectivity index (χ4v) is 1.64. The van der Waals surface area contributed by atoms with E-state index in [-0.39, 0.29) is 26.3 Å². The second kappa shape index (κ2) is 8.73. The largest absolute Gasteiger partial charge is 0.459 e. The van der Waals surface area contributed by atoms with E-state index >= 15 is 0 Å². The Kier molecular flexibility index (Phi) is 6.13. The van der Waals surface area contributed by atoms with Crippen LogP contribution in [0.2, 0.25) is 0 Å². The first-order valence-electron chi connectivity index (χ1n) is 6.94. The molecule has 0 amide bonds. The van der Waals surface area contributed by atoms with Crippen LogP contribution in [0, 0.1) is 22.7 Å². The highest BCUT2D eigenvalue weighted by atomic mass is 16.6. The molecule has 0 atom stereocenters. The molecule has 12 heteroatoms. The number of nitrogens with zero attached hydrogens (tertiary/aromatic N) is 8. The highest BCUT2D eigenvalue weighted by molar-refractivity contribution is 5.91. The van der Waals surface area contributed by atoms with Gasteiger partial charge in [0.2, 0.25) is 0 Å². The van der Waals surface area contributed by atoms with E-state index in [0.717, 1.165) is 0 Å². The summed E-state index contributed by atoms with van der Waals surface area (Å²) in [6.07, 6.45) is 2.34. The first kappa shape index (κ1) is 17.6. The minimum absolute atomic E-state index is 0.0340. The number of rotatable bonds is 8. The lowest BCUT2D eigenvalue weighted by atomic mass is 10.4. The van der Waals surface area contributed by atoms with Crippen LogP contribution in [-0.4, -0.2) is 41.9 Å². The van der Waals surface area contributed by atoms with Crippen LogP contribution in [0.3, 0.4) is 0 Å². The predicted octanol–water partition coefficient (Wildman–Crippen LogP) is -0.907. The summed E-state index contributed by atoms with van der Waals surface area (Å²) in [5.74, 6) is -1.57. The van der Waals surface area contributed by atoms with E-state index in [2.05, 4.69) is 20.6 Å². The molecule has 0 aromatic carbocycles. The fourth-order valence-electron chi connectivity index (χ4n) is 1.64. The minimum atomic E-state index is -0.784. The molecule has 0 spiro atoms. The molecule has 0 aliphatic carbocycles. The summed E-state index contributed by atoms with van der Waals surface area (Å²) in [7, 11) is 0. The third-order valence-electron chi connectivity index (χ3n) is 2.69. The minimum Gasteiger partial charge on any atom is -0.459 e. The molecule has 0 aliphatic heterocycles. The molecule has 0 bridgehead atoms. The van der Waals surface area contributed by atoms with Crippen molar-refractivity contribution in [3.05, 3.63) is 23.8 Å². The number of hydrogen-bond acceptors (Lipinski definition) is 10. The van der Waals surface area contributed by atoms with Gasteiger partial charge in [-0.1, -0.05) is 10.4 Å². The lowest BCUT2D eigenvalue weighted by Crippen LogP contribution is -2.14. The van der Waals surface area contributed by atoms with Crippen LogP contribution in [0.15, 0.2) is 12.4 Å². The fraction of sp³-hybridized carbons (Fsp3) is 0.385. The van der Waals surface area contributed by atoms with E-state index in [1.807, 2.05) is 12.1 Å². The molecule has 0 saturated carbocycles. The van der Waals surface area contributed by atoms with Crippen molar-refractivity contribution in [3.63, 3.8) is 0 Å². The molecule has 0 unspecified atom stereocenters. The average molecular weight is 344 g/mol. The van der Waals surface area contributed by atoms with Crippen molar-refractivity contribution in [2.45, 2.75) is 32.7 Å². The van der Waals surface area contributed by atoms with Crippen molar-refractivity contribution in [2.75, 3.05) is 0 Å². The third-order valence-corrected chi connectivity index (χ3v) is 2.69. The van der Waals surface area contributed by atoms with Gasteiger partial charge in [-0.3, -0.25) is 9.59 Å². The van der Waals surface area contributed by atoms with Crippen molar-refractivity contribution in [2.24, 2.45) is 0 Å². The standard InChI is InChI=1S/C13H12N8O4/c14-1-3-20-6-10(16-18-20)8-24-12(22)5-13(23)25-9-11-7-21(4-2-15)19-17-11/h6-7H,3-5,8-9H2. The molecule has 2 rings (SSSR count). The number of carbonyl (C=O) groups excluding carboxylic acids is 2. The highest BCUT2D eigenvalue weighted by Crippen LogP contribution is 2.01. The van der Waals surface area contributed by atoms with Gasteiger partial charge in [-0.05, 0) is 0 Å². The second-order valence-electron chi connectivity index (χ2n) is 4.63. The zero-order chi connectivity index (χ0) is 18.1. The van der Waals surface area contributed by atoms with E-state index in [1.165, 1.54) is 21.8 Å². The zero-order valence-electron chi connectivity index (χ0n) is 12.9. The van der Waals surface area contributed by atoms with Gasteiger partial charge in [0.15, 0.2) is 0 Å². The molecule has 12 nitrogen and oxygen atoms in total. The Morgan fingerprint density at radius 1 is 0.920 bits per heavy atom. The molecule has 25 heavy (non-hydrogen) atoms. The molecule has 0 aliphatic rings. The van der Waals surface area contributed by atoms with Gasteiger partial charge in [-0.15, -0.1) is 10.2 Å². The summed E-state index contributed by atoms with van der Waals surface area (Å²) in [5, 5.41) is 31.7. The van der Waals surface area contributed by atoms with Gasteiger partial charge in [0.25, 0.3) is 0 Å². The number of ether oxygens (including phenoxy) is 2. The summed E-state index contributed by atoms with van der Waals surface area (Å²) in [6.45, 7) is -0.265. The third kappa shape index (κ3) is 5.72. The van der Waals surface area contributed by atoms with E-state index in [0.29, 0.717) is 11.4 Å². The maximum Gasteiger partial charge on any atom is 0.317 e. The predicted molar refractivity (Wildman–Crippen MR) is 75.5 cm³/mol. The Hall–Kier alpha value is -3.80. The van der Waals surface area contributed by atoms with Crippen LogP contribution >= 0.6 is 0 Å². The van der Waals surface area contributed by atoms with Gasteiger partial charge < -0.3 is 9.47 Å². The van der Waals surface area contributed by atoms with E-state index in [4.69, 9.17) is 20.0 Å². The van der Waals surface area contributed by atoms with Gasteiger partial charge in [-0.2, -0.15) is 10.5 Å². The molecular weight excluding hydrogens is 332 g/mol. The summed E-state index contributed by atoms with van der Waals surface area (Å²) in [5.41, 5.74) is 0.706. The molecule has 128 valence electrons. The van der Waals surface area contributed by atoms with E-state index in [9.17, 15) is 9.59 Å². The second-order valence-corrected chi connectivity index (χ2v) is 4.63. The monoisotopic (exact) mass is 344 g/mol. The summed E-state index contributed by atoms with van der Waals surface area (Å²) < 4.78 is 12.3. The Morgan fingerprint density at radius 3 is 1.76 bits per heavy atom. The lowest BCUT2D eigenvalue weighted by molar-refractivity contribution is -0.156. The molecular formula is C13H12N8O4. The highest BCUT2D eigenvalue weighted by Gasteiger charge is 2.14. The topological polar surface area (TPSA) is 162 Å². The number of nitriles is 2. The molecule has 0 radical (unpaired) electrons. The first-order chi connectivity index (χ1) is 12.1. The normalized spacial score (nSPS) is 9.84.